The van der Waals surface area contributed by atoms with Crippen molar-refractivity contribution < 1.29 is 19.1 Å². The third-order valence-electron chi connectivity index (χ3n) is 3.27. The summed E-state index contributed by atoms with van der Waals surface area (Å²) in [7, 11) is 1.52. The van der Waals surface area contributed by atoms with Gasteiger partial charge in [0.15, 0.2) is 5.75 Å². The lowest BCUT2D eigenvalue weighted by Gasteiger charge is -2.09. The number of amides is 1. The molecule has 138 valence electrons. The van der Waals surface area contributed by atoms with Gasteiger partial charge in [0.05, 0.1) is 16.1 Å². The van der Waals surface area contributed by atoms with E-state index in [4.69, 9.17) is 9.47 Å². The number of rotatable bonds is 5. The second kappa shape index (κ2) is 9.35. The van der Waals surface area contributed by atoms with Crippen molar-refractivity contribution in [1.29, 1.82) is 5.26 Å². The number of halogens is 2. The van der Waals surface area contributed by atoms with E-state index in [1.807, 2.05) is 6.07 Å². The Balaban J connectivity index is 2.28. The van der Waals surface area contributed by atoms with E-state index in [0.717, 1.165) is 0 Å². The average Bonchev–Trinajstić information content (AvgIpc) is 2.62. The molecular weight excluding hydrogens is 480 g/mol. The van der Waals surface area contributed by atoms with Gasteiger partial charge in [-0.3, -0.25) is 9.59 Å². The Morgan fingerprint density at radius 3 is 2.41 bits per heavy atom. The third-order valence-corrected chi connectivity index (χ3v) is 4.45. The Hall–Kier alpha value is -2.63. The molecule has 0 radical (unpaired) electrons. The second-order valence-electron chi connectivity index (χ2n) is 5.26. The summed E-state index contributed by atoms with van der Waals surface area (Å²) in [6.45, 7) is 1.30. The third kappa shape index (κ3) is 5.67. The number of methoxy groups -OCH3 is 1. The van der Waals surface area contributed by atoms with Crippen molar-refractivity contribution in [3.05, 3.63) is 56.5 Å². The molecule has 0 aliphatic carbocycles. The molecule has 0 spiro atoms. The first kappa shape index (κ1) is 20.7. The highest BCUT2D eigenvalue weighted by molar-refractivity contribution is 9.11. The molecule has 0 aliphatic heterocycles. The van der Waals surface area contributed by atoms with Gasteiger partial charge in [-0.2, -0.15) is 5.26 Å². The number of carbonyl (C=O) groups is 2. The molecule has 1 N–H and O–H groups in total. The fourth-order valence-corrected chi connectivity index (χ4v) is 3.50. The second-order valence-corrected chi connectivity index (χ2v) is 6.97. The van der Waals surface area contributed by atoms with E-state index in [1.54, 1.807) is 36.4 Å². The molecule has 8 heteroatoms. The van der Waals surface area contributed by atoms with E-state index in [9.17, 15) is 14.9 Å². The molecule has 0 heterocycles. The monoisotopic (exact) mass is 492 g/mol. The number of benzene rings is 2. The van der Waals surface area contributed by atoms with Crippen LogP contribution in [0.5, 0.6) is 11.5 Å². The lowest BCUT2D eigenvalue weighted by Crippen LogP contribution is -2.13. The number of hydrogen-bond donors (Lipinski definition) is 1. The molecule has 1 amide bonds. The number of carbonyl (C=O) groups excluding carboxylic acids is 2. The lowest BCUT2D eigenvalue weighted by atomic mass is 10.1. The Bertz CT molecular complexity index is 941. The molecule has 0 atom stereocenters. The maximum Gasteiger partial charge on any atom is 0.308 e. The molecule has 0 fully saturated rings. The normalized spacial score (nSPS) is 10.7. The topological polar surface area (TPSA) is 88.4 Å². The van der Waals surface area contributed by atoms with Crippen LogP contribution in [0.1, 0.15) is 12.5 Å². The Morgan fingerprint density at radius 2 is 1.85 bits per heavy atom. The van der Waals surface area contributed by atoms with Gasteiger partial charge in [-0.1, -0.05) is 6.07 Å². The number of nitriles is 1. The predicted molar refractivity (Wildman–Crippen MR) is 108 cm³/mol. The number of anilines is 1. The SMILES string of the molecule is COc1cccc(NC(=O)/C(C#N)=C/c2cc(Br)c(OC(C)=O)c(Br)c2)c1. The predicted octanol–water partition coefficient (Wildman–Crippen LogP) is 4.69. The molecule has 27 heavy (non-hydrogen) atoms. The minimum atomic E-state index is -0.554. The van der Waals surface area contributed by atoms with Crippen LogP contribution >= 0.6 is 31.9 Å². The van der Waals surface area contributed by atoms with Crippen LogP contribution in [0, 0.1) is 11.3 Å². The van der Waals surface area contributed by atoms with E-state index < -0.39 is 11.9 Å². The molecule has 0 unspecified atom stereocenters. The lowest BCUT2D eigenvalue weighted by molar-refractivity contribution is -0.132. The van der Waals surface area contributed by atoms with E-state index in [0.29, 0.717) is 31.7 Å². The number of nitrogens with one attached hydrogen (secondary N) is 1. The largest absolute Gasteiger partial charge is 0.497 e. The summed E-state index contributed by atoms with van der Waals surface area (Å²) in [6.07, 6.45) is 1.43. The zero-order valence-electron chi connectivity index (χ0n) is 14.4. The highest BCUT2D eigenvalue weighted by atomic mass is 79.9. The molecule has 6 nitrogen and oxygen atoms in total. The minimum Gasteiger partial charge on any atom is -0.497 e. The van der Waals surface area contributed by atoms with Crippen molar-refractivity contribution in [1.82, 2.24) is 0 Å². The zero-order chi connectivity index (χ0) is 20.0. The maximum absolute atomic E-state index is 12.4. The van der Waals surface area contributed by atoms with Gasteiger partial charge in [0, 0.05) is 18.7 Å². The van der Waals surface area contributed by atoms with Gasteiger partial charge in [-0.05, 0) is 67.8 Å². The van der Waals surface area contributed by atoms with Crippen molar-refractivity contribution in [3.8, 4) is 17.6 Å². The Labute approximate surface area is 173 Å². The van der Waals surface area contributed by atoms with E-state index in [2.05, 4.69) is 37.2 Å². The van der Waals surface area contributed by atoms with Crippen molar-refractivity contribution in [2.45, 2.75) is 6.92 Å². The van der Waals surface area contributed by atoms with Gasteiger partial charge in [0.1, 0.15) is 17.4 Å². The molecule has 2 aromatic carbocycles. The summed E-state index contributed by atoms with van der Waals surface area (Å²) in [6, 6.07) is 12.0. The van der Waals surface area contributed by atoms with Crippen LogP contribution in [0.3, 0.4) is 0 Å². The van der Waals surface area contributed by atoms with Crippen molar-refractivity contribution in [2.75, 3.05) is 12.4 Å². The van der Waals surface area contributed by atoms with Crippen molar-refractivity contribution in [3.63, 3.8) is 0 Å². The number of nitrogens with zero attached hydrogens (tertiary/aromatic N) is 1. The van der Waals surface area contributed by atoms with E-state index >= 15 is 0 Å². The molecule has 0 saturated heterocycles. The van der Waals surface area contributed by atoms with Gasteiger partial charge in [-0.25, -0.2) is 0 Å². The van der Waals surface area contributed by atoms with Gasteiger partial charge in [0.25, 0.3) is 5.91 Å². The fraction of sp³-hybridized carbons (Fsp3) is 0.105. The van der Waals surface area contributed by atoms with Crippen LogP contribution < -0.4 is 14.8 Å². The highest BCUT2D eigenvalue weighted by Crippen LogP contribution is 2.35. The van der Waals surface area contributed by atoms with E-state index in [1.165, 1.54) is 20.1 Å². The Kier molecular flexibility index (Phi) is 7.16. The number of hydrogen-bond acceptors (Lipinski definition) is 5. The molecule has 0 saturated carbocycles. The molecular formula is C19H14Br2N2O4. The highest BCUT2D eigenvalue weighted by Gasteiger charge is 2.14. The summed E-state index contributed by atoms with van der Waals surface area (Å²) in [5.74, 6) is -0.111. The van der Waals surface area contributed by atoms with Crippen LogP contribution in [0.2, 0.25) is 0 Å². The minimum absolute atomic E-state index is 0.0862. The van der Waals surface area contributed by atoms with Gasteiger partial charge >= 0.3 is 5.97 Å². The van der Waals surface area contributed by atoms with Crippen molar-refractivity contribution >= 4 is 55.5 Å². The first-order chi connectivity index (χ1) is 12.8. The van der Waals surface area contributed by atoms with Gasteiger partial charge in [-0.15, -0.1) is 0 Å². The standard InChI is InChI=1S/C19H14Br2N2O4/c1-11(24)27-18-16(20)7-12(8-17(18)21)6-13(10-22)19(25)23-14-4-3-5-15(9-14)26-2/h3-9H,1-2H3,(H,23,25)/b13-6+. The van der Waals surface area contributed by atoms with Crippen LogP contribution in [0.4, 0.5) is 5.69 Å². The molecule has 0 aromatic heterocycles. The summed E-state index contributed by atoms with van der Waals surface area (Å²) in [4.78, 5) is 23.5. The molecule has 2 rings (SSSR count). The zero-order valence-corrected chi connectivity index (χ0v) is 17.5. The summed E-state index contributed by atoms with van der Waals surface area (Å²) in [5.41, 5.74) is 0.993. The quantitative estimate of drug-likeness (QED) is 0.282. The summed E-state index contributed by atoms with van der Waals surface area (Å²) in [5, 5.41) is 12.0. The first-order valence-corrected chi connectivity index (χ1v) is 9.17. The number of esters is 1. The maximum atomic E-state index is 12.4. The van der Waals surface area contributed by atoms with Crippen LogP contribution in [-0.2, 0) is 9.59 Å². The van der Waals surface area contributed by atoms with Gasteiger partial charge < -0.3 is 14.8 Å². The molecule has 0 aliphatic rings. The number of ether oxygens (including phenoxy) is 2. The Morgan fingerprint density at radius 1 is 1.19 bits per heavy atom. The molecule has 0 bridgehead atoms. The summed E-state index contributed by atoms with van der Waals surface area (Å²) >= 11 is 6.62. The van der Waals surface area contributed by atoms with Crippen LogP contribution in [0.15, 0.2) is 50.9 Å². The van der Waals surface area contributed by atoms with E-state index in [-0.39, 0.29) is 5.57 Å². The first-order valence-electron chi connectivity index (χ1n) is 7.58. The smallest absolute Gasteiger partial charge is 0.308 e. The fourth-order valence-electron chi connectivity index (χ4n) is 2.12. The van der Waals surface area contributed by atoms with Gasteiger partial charge in [0.2, 0.25) is 0 Å². The van der Waals surface area contributed by atoms with Crippen LogP contribution in [0.25, 0.3) is 6.08 Å². The summed E-state index contributed by atoms with van der Waals surface area (Å²) < 4.78 is 11.2. The molecule has 2 aromatic rings. The van der Waals surface area contributed by atoms with Crippen molar-refractivity contribution in [2.24, 2.45) is 0 Å². The average molecular weight is 494 g/mol. The van der Waals surface area contributed by atoms with Crippen LogP contribution in [-0.4, -0.2) is 19.0 Å².